The van der Waals surface area contributed by atoms with Gasteiger partial charge < -0.3 is 19.5 Å². The van der Waals surface area contributed by atoms with E-state index in [9.17, 15) is 14.7 Å². The second-order valence-corrected chi connectivity index (χ2v) is 6.19. The molecule has 1 saturated carbocycles. The summed E-state index contributed by atoms with van der Waals surface area (Å²) in [6, 6.07) is 9.04. The van der Waals surface area contributed by atoms with Crippen LogP contribution in [-0.4, -0.2) is 46.9 Å². The summed E-state index contributed by atoms with van der Waals surface area (Å²) < 4.78 is 10.9. The third-order valence-electron chi connectivity index (χ3n) is 4.88. The second kappa shape index (κ2) is 4.98. The Morgan fingerprint density at radius 1 is 1.27 bits per heavy atom. The standard InChI is InChI=1S/C16H17NO5/c18-15(19)11-6-10-7-17(12(11)14-13(10)22-14)16(20)21-8-9-4-2-1-3-5-9/h1-5,10-14H,6-8H2,(H,18,19)/t10-,11+,12-,13-,14+/m0/s1. The number of carboxylic acid groups (broad SMARTS) is 1. The third-order valence-corrected chi connectivity index (χ3v) is 4.88. The van der Waals surface area contributed by atoms with Gasteiger partial charge in [-0.2, -0.15) is 0 Å². The smallest absolute Gasteiger partial charge is 0.410 e. The number of rotatable bonds is 3. The van der Waals surface area contributed by atoms with Gasteiger partial charge >= 0.3 is 12.1 Å². The van der Waals surface area contributed by atoms with Gasteiger partial charge in [0.1, 0.15) is 12.7 Å². The highest BCUT2D eigenvalue weighted by Crippen LogP contribution is 2.50. The maximum Gasteiger partial charge on any atom is 0.410 e. The van der Waals surface area contributed by atoms with E-state index in [1.165, 1.54) is 0 Å². The number of carboxylic acids is 1. The number of amides is 1. The van der Waals surface area contributed by atoms with Gasteiger partial charge in [-0.1, -0.05) is 30.3 Å². The highest BCUT2D eigenvalue weighted by molar-refractivity contribution is 5.75. The number of fused-ring (bicyclic) bond motifs is 2. The normalized spacial score (nSPS) is 34.9. The second-order valence-electron chi connectivity index (χ2n) is 6.19. The first-order valence-corrected chi connectivity index (χ1v) is 7.51. The number of hydrogen-bond acceptors (Lipinski definition) is 4. The van der Waals surface area contributed by atoms with Crippen molar-refractivity contribution >= 4 is 12.1 Å². The number of hydrogen-bond donors (Lipinski definition) is 1. The molecule has 0 spiro atoms. The van der Waals surface area contributed by atoms with Crippen LogP contribution < -0.4 is 0 Å². The van der Waals surface area contributed by atoms with Crippen LogP contribution in [-0.2, 0) is 20.9 Å². The van der Waals surface area contributed by atoms with Crippen LogP contribution in [0, 0.1) is 11.8 Å². The summed E-state index contributed by atoms with van der Waals surface area (Å²) in [5.41, 5.74) is 0.911. The Balaban J connectivity index is 1.45. The van der Waals surface area contributed by atoms with Gasteiger partial charge in [-0.05, 0) is 12.0 Å². The van der Waals surface area contributed by atoms with Crippen molar-refractivity contribution in [1.82, 2.24) is 4.90 Å². The number of aliphatic carboxylic acids is 1. The fourth-order valence-corrected chi connectivity index (χ4v) is 3.81. The Kier molecular flexibility index (Phi) is 3.07. The Morgan fingerprint density at radius 2 is 2.05 bits per heavy atom. The van der Waals surface area contributed by atoms with E-state index >= 15 is 0 Å². The predicted octanol–water partition coefficient (Wildman–Crippen LogP) is 1.50. The van der Waals surface area contributed by atoms with Crippen molar-refractivity contribution < 1.29 is 24.2 Å². The van der Waals surface area contributed by atoms with E-state index in [-0.39, 0.29) is 24.7 Å². The zero-order valence-corrected chi connectivity index (χ0v) is 11.9. The van der Waals surface area contributed by atoms with E-state index in [0.29, 0.717) is 13.0 Å². The first kappa shape index (κ1) is 13.6. The molecule has 6 heteroatoms. The SMILES string of the molecule is O=C(O)[C@@H]1C[C@H]2CN(C(=O)OCc3ccccc3)[C@@H]1[C@H]1O[C@@H]21. The summed E-state index contributed by atoms with van der Waals surface area (Å²) >= 11 is 0. The molecule has 3 saturated heterocycles. The van der Waals surface area contributed by atoms with Gasteiger partial charge in [0.05, 0.1) is 18.1 Å². The Hall–Kier alpha value is -2.08. The van der Waals surface area contributed by atoms with E-state index in [4.69, 9.17) is 9.47 Å². The van der Waals surface area contributed by atoms with Crippen molar-refractivity contribution in [3.05, 3.63) is 35.9 Å². The monoisotopic (exact) mass is 303 g/mol. The van der Waals surface area contributed by atoms with Gasteiger partial charge in [-0.15, -0.1) is 0 Å². The number of ether oxygens (including phenoxy) is 2. The molecule has 4 fully saturated rings. The molecule has 116 valence electrons. The maximum atomic E-state index is 12.3. The van der Waals surface area contributed by atoms with Crippen molar-refractivity contribution in [2.45, 2.75) is 31.3 Å². The molecule has 0 radical (unpaired) electrons. The quantitative estimate of drug-likeness (QED) is 0.856. The lowest BCUT2D eigenvalue weighted by Gasteiger charge is -2.45. The van der Waals surface area contributed by atoms with Crippen molar-refractivity contribution in [1.29, 1.82) is 0 Å². The predicted molar refractivity (Wildman–Crippen MR) is 75.0 cm³/mol. The van der Waals surface area contributed by atoms with E-state index in [1.807, 2.05) is 30.3 Å². The Morgan fingerprint density at radius 3 is 2.73 bits per heavy atom. The lowest BCUT2D eigenvalue weighted by Crippen LogP contribution is -2.61. The molecule has 1 aliphatic carbocycles. The van der Waals surface area contributed by atoms with Crippen LogP contribution in [0.5, 0.6) is 0 Å². The molecule has 22 heavy (non-hydrogen) atoms. The van der Waals surface area contributed by atoms with Crippen LogP contribution in [0.4, 0.5) is 4.79 Å². The van der Waals surface area contributed by atoms with Crippen LogP contribution in [0.1, 0.15) is 12.0 Å². The van der Waals surface area contributed by atoms with Crippen molar-refractivity contribution in [2.75, 3.05) is 6.54 Å². The highest BCUT2D eigenvalue weighted by Gasteiger charge is 2.65. The molecule has 1 N–H and O–H groups in total. The van der Waals surface area contributed by atoms with E-state index < -0.39 is 24.0 Å². The third kappa shape index (κ3) is 2.14. The molecule has 3 heterocycles. The van der Waals surface area contributed by atoms with Crippen LogP contribution in [0.3, 0.4) is 0 Å². The molecule has 2 bridgehead atoms. The number of nitrogens with zero attached hydrogens (tertiary/aromatic N) is 1. The minimum Gasteiger partial charge on any atom is -0.481 e. The molecule has 4 aliphatic rings. The molecule has 1 amide bonds. The summed E-state index contributed by atoms with van der Waals surface area (Å²) in [5.74, 6) is -1.29. The minimum atomic E-state index is -0.857. The van der Waals surface area contributed by atoms with Crippen molar-refractivity contribution in [2.24, 2.45) is 11.8 Å². The fraction of sp³-hybridized carbons (Fsp3) is 0.500. The van der Waals surface area contributed by atoms with E-state index in [1.54, 1.807) is 4.90 Å². The van der Waals surface area contributed by atoms with Crippen LogP contribution in [0.15, 0.2) is 30.3 Å². The van der Waals surface area contributed by atoms with Crippen LogP contribution >= 0.6 is 0 Å². The molecule has 5 atom stereocenters. The van der Waals surface area contributed by atoms with E-state index in [2.05, 4.69) is 0 Å². The van der Waals surface area contributed by atoms with Gasteiger partial charge in [0.15, 0.2) is 0 Å². The highest BCUT2D eigenvalue weighted by atomic mass is 16.6. The molecular weight excluding hydrogens is 286 g/mol. The van der Waals surface area contributed by atoms with Crippen LogP contribution in [0.25, 0.3) is 0 Å². The summed E-state index contributed by atoms with van der Waals surface area (Å²) in [6.07, 6.45) is 0.152. The Bertz CT molecular complexity index is 604. The zero-order valence-electron chi connectivity index (χ0n) is 11.9. The van der Waals surface area contributed by atoms with Crippen molar-refractivity contribution in [3.63, 3.8) is 0 Å². The molecule has 1 aromatic rings. The molecule has 0 aromatic heterocycles. The number of carbonyl (C=O) groups excluding carboxylic acids is 1. The first-order chi connectivity index (χ1) is 10.6. The lowest BCUT2D eigenvalue weighted by molar-refractivity contribution is -0.148. The number of piperidine rings is 2. The number of carbonyl (C=O) groups is 2. The number of epoxide rings is 1. The average molecular weight is 303 g/mol. The molecular formula is C16H17NO5. The molecule has 6 nitrogen and oxygen atoms in total. The van der Waals surface area contributed by atoms with Crippen molar-refractivity contribution in [3.8, 4) is 0 Å². The maximum absolute atomic E-state index is 12.3. The topological polar surface area (TPSA) is 79.4 Å². The van der Waals surface area contributed by atoms with Gasteiger partial charge in [-0.3, -0.25) is 4.79 Å². The summed E-state index contributed by atoms with van der Waals surface area (Å²) in [5, 5.41) is 9.37. The Labute approximate surface area is 127 Å². The zero-order chi connectivity index (χ0) is 15.3. The van der Waals surface area contributed by atoms with Gasteiger partial charge in [0.2, 0.25) is 0 Å². The minimum absolute atomic E-state index is 0.111. The molecule has 0 unspecified atom stereocenters. The van der Waals surface area contributed by atoms with Gasteiger partial charge in [-0.25, -0.2) is 4.79 Å². The summed E-state index contributed by atoms with van der Waals surface area (Å²) in [7, 11) is 0. The average Bonchev–Trinajstić information content (AvgIpc) is 3.35. The molecule has 5 rings (SSSR count). The molecule has 3 aliphatic heterocycles. The van der Waals surface area contributed by atoms with Gasteiger partial charge in [0, 0.05) is 12.5 Å². The summed E-state index contributed by atoms with van der Waals surface area (Å²) in [4.78, 5) is 25.3. The largest absolute Gasteiger partial charge is 0.481 e. The van der Waals surface area contributed by atoms with Gasteiger partial charge in [0.25, 0.3) is 0 Å². The number of benzene rings is 1. The lowest BCUT2D eigenvalue weighted by atomic mass is 9.73. The summed E-state index contributed by atoms with van der Waals surface area (Å²) in [6.45, 7) is 0.726. The first-order valence-electron chi connectivity index (χ1n) is 7.51. The van der Waals surface area contributed by atoms with E-state index in [0.717, 1.165) is 5.56 Å². The fourth-order valence-electron chi connectivity index (χ4n) is 3.81. The molecule has 1 aromatic carbocycles. The van der Waals surface area contributed by atoms with Crippen LogP contribution in [0.2, 0.25) is 0 Å².